The summed E-state index contributed by atoms with van der Waals surface area (Å²) in [6.45, 7) is 2.93. The lowest BCUT2D eigenvalue weighted by molar-refractivity contribution is -0.163. The zero-order valence-electron chi connectivity index (χ0n) is 13.5. The highest BCUT2D eigenvalue weighted by Crippen LogP contribution is 2.24. The van der Waals surface area contributed by atoms with Gasteiger partial charge in [0, 0.05) is 12.5 Å². The van der Waals surface area contributed by atoms with Crippen LogP contribution in [0.5, 0.6) is 5.75 Å². The molecule has 8 heteroatoms. The first-order chi connectivity index (χ1) is 11.7. The van der Waals surface area contributed by atoms with Gasteiger partial charge in [0.05, 0.1) is 0 Å². The molecular formula is C17H16O7S. The number of carbonyl (C=O) groups excluding carboxylic acids is 1. The van der Waals surface area contributed by atoms with Crippen molar-refractivity contribution in [1.82, 2.24) is 0 Å². The lowest BCUT2D eigenvalue weighted by atomic mass is 10.1. The van der Waals surface area contributed by atoms with Gasteiger partial charge in [0.15, 0.2) is 0 Å². The summed E-state index contributed by atoms with van der Waals surface area (Å²) in [4.78, 5) is 22.1. The van der Waals surface area contributed by atoms with Gasteiger partial charge in [-0.25, -0.2) is 4.79 Å². The minimum Gasteiger partial charge on any atom is -0.478 e. The number of ether oxygens (including phenoxy) is 1. The molecule has 0 aliphatic rings. The molecule has 1 atom stereocenters. The molecule has 0 spiro atoms. The monoisotopic (exact) mass is 364 g/mol. The predicted molar refractivity (Wildman–Crippen MR) is 87.6 cm³/mol. The fourth-order valence-corrected chi connectivity index (χ4v) is 2.94. The number of carboxylic acid groups (broad SMARTS) is 1. The first kappa shape index (κ1) is 18.5. The second kappa shape index (κ2) is 7.35. The van der Waals surface area contributed by atoms with E-state index in [1.165, 1.54) is 36.4 Å². The zero-order chi connectivity index (χ0) is 18.6. The molecule has 132 valence electrons. The van der Waals surface area contributed by atoms with Crippen LogP contribution in [0.4, 0.5) is 0 Å². The quantitative estimate of drug-likeness (QED) is 0.620. The van der Waals surface area contributed by atoms with Crippen molar-refractivity contribution < 1.29 is 32.0 Å². The second-order valence-electron chi connectivity index (χ2n) is 5.25. The summed E-state index contributed by atoms with van der Waals surface area (Å²) in [7, 11) is -4.00. The van der Waals surface area contributed by atoms with E-state index in [0.29, 0.717) is 0 Å². The Morgan fingerprint density at radius 2 is 1.56 bits per heavy atom. The number of esters is 1. The number of carbonyl (C=O) groups is 2. The van der Waals surface area contributed by atoms with Gasteiger partial charge in [-0.1, -0.05) is 29.8 Å². The summed E-state index contributed by atoms with van der Waals surface area (Å²) in [6, 6.07) is 11.4. The van der Waals surface area contributed by atoms with Gasteiger partial charge in [0.25, 0.3) is 0 Å². The Morgan fingerprint density at radius 3 is 2.04 bits per heavy atom. The molecule has 0 amide bonds. The Hall–Kier alpha value is -2.87. The number of rotatable bonds is 6. The number of hydrogen-bond donors (Lipinski definition) is 1. The molecule has 0 aliphatic carbocycles. The third kappa shape index (κ3) is 4.80. The Kier molecular flexibility index (Phi) is 5.43. The van der Waals surface area contributed by atoms with Crippen LogP contribution in [0.3, 0.4) is 0 Å². The highest BCUT2D eigenvalue weighted by Gasteiger charge is 2.23. The van der Waals surface area contributed by atoms with Crippen LogP contribution in [-0.4, -0.2) is 25.5 Å². The molecule has 0 bridgehead atoms. The van der Waals surface area contributed by atoms with Crippen LogP contribution in [0.15, 0.2) is 53.4 Å². The number of hydrogen-bond acceptors (Lipinski definition) is 6. The van der Waals surface area contributed by atoms with Crippen molar-refractivity contribution in [1.29, 1.82) is 0 Å². The van der Waals surface area contributed by atoms with E-state index in [4.69, 9.17) is 14.0 Å². The van der Waals surface area contributed by atoms with Gasteiger partial charge in [-0.3, -0.25) is 4.79 Å². The number of carboxylic acids is 1. The van der Waals surface area contributed by atoms with Gasteiger partial charge in [-0.2, -0.15) is 8.42 Å². The largest absolute Gasteiger partial charge is 0.478 e. The van der Waals surface area contributed by atoms with Crippen molar-refractivity contribution in [3.05, 3.63) is 59.7 Å². The second-order valence-corrected chi connectivity index (χ2v) is 6.79. The molecule has 7 nitrogen and oxygen atoms in total. The van der Waals surface area contributed by atoms with Gasteiger partial charge < -0.3 is 14.0 Å². The molecular weight excluding hydrogens is 348 g/mol. The average Bonchev–Trinajstić information content (AvgIpc) is 2.53. The summed E-state index contributed by atoms with van der Waals surface area (Å²) in [6.07, 6.45) is -1.47. The maximum absolute atomic E-state index is 12.2. The van der Waals surface area contributed by atoms with Crippen molar-refractivity contribution in [2.45, 2.75) is 24.8 Å². The maximum atomic E-state index is 12.2. The summed E-state index contributed by atoms with van der Waals surface area (Å²) < 4.78 is 34.1. The summed E-state index contributed by atoms with van der Waals surface area (Å²) in [5.41, 5.74) is 1.09. The Morgan fingerprint density at radius 1 is 1.00 bits per heavy atom. The lowest BCUT2D eigenvalue weighted by Gasteiger charge is -2.13. The summed E-state index contributed by atoms with van der Waals surface area (Å²) in [5.74, 6) is -2.07. The lowest BCUT2D eigenvalue weighted by Crippen LogP contribution is -2.17. The molecule has 0 saturated carbocycles. The van der Waals surface area contributed by atoms with E-state index < -0.39 is 28.2 Å². The van der Waals surface area contributed by atoms with E-state index in [-0.39, 0.29) is 16.2 Å². The number of benzene rings is 2. The van der Waals surface area contributed by atoms with E-state index in [1.54, 1.807) is 12.1 Å². The standard InChI is InChI=1S/C17H16O7S/c1-11-3-9-15(10-4-11)25(21,22)24-14-7-5-13(6-8-14)16(17(19)20)23-12(2)18/h3-10,16H,1-2H3,(H,19,20). The van der Waals surface area contributed by atoms with E-state index >= 15 is 0 Å². The van der Waals surface area contributed by atoms with Gasteiger partial charge in [0.2, 0.25) is 6.10 Å². The summed E-state index contributed by atoms with van der Waals surface area (Å²) >= 11 is 0. The van der Waals surface area contributed by atoms with Crippen molar-refractivity contribution >= 4 is 22.1 Å². The molecule has 1 N–H and O–H groups in total. The molecule has 25 heavy (non-hydrogen) atoms. The molecule has 0 heterocycles. The van der Waals surface area contributed by atoms with Crippen LogP contribution in [-0.2, 0) is 24.4 Å². The molecule has 0 fully saturated rings. The Balaban J connectivity index is 2.20. The fourth-order valence-electron chi connectivity index (χ4n) is 2.00. The number of aliphatic carboxylic acids is 1. The molecule has 2 aromatic carbocycles. The van der Waals surface area contributed by atoms with Gasteiger partial charge in [-0.15, -0.1) is 0 Å². The van der Waals surface area contributed by atoms with Crippen molar-refractivity contribution in [3.8, 4) is 5.75 Å². The normalized spacial score (nSPS) is 12.2. The highest BCUT2D eigenvalue weighted by molar-refractivity contribution is 7.87. The average molecular weight is 364 g/mol. The highest BCUT2D eigenvalue weighted by atomic mass is 32.2. The Bertz CT molecular complexity index is 868. The van der Waals surface area contributed by atoms with Crippen LogP contribution in [0, 0.1) is 6.92 Å². The smallest absolute Gasteiger partial charge is 0.349 e. The van der Waals surface area contributed by atoms with Crippen molar-refractivity contribution in [2.24, 2.45) is 0 Å². The van der Waals surface area contributed by atoms with Crippen molar-refractivity contribution in [2.75, 3.05) is 0 Å². The van der Waals surface area contributed by atoms with E-state index in [9.17, 15) is 18.0 Å². The molecule has 0 aromatic heterocycles. The van der Waals surface area contributed by atoms with E-state index in [2.05, 4.69) is 0 Å². The van der Waals surface area contributed by atoms with Crippen LogP contribution in [0.2, 0.25) is 0 Å². The van der Waals surface area contributed by atoms with E-state index in [1.807, 2.05) is 6.92 Å². The van der Waals surface area contributed by atoms with Crippen LogP contribution in [0.1, 0.15) is 24.2 Å². The molecule has 0 radical (unpaired) electrons. The fraction of sp³-hybridized carbons (Fsp3) is 0.176. The minimum atomic E-state index is -4.00. The number of aryl methyl sites for hydroxylation is 1. The SMILES string of the molecule is CC(=O)OC(C(=O)O)c1ccc(OS(=O)(=O)c2ccc(C)cc2)cc1. The molecule has 2 aromatic rings. The van der Waals surface area contributed by atoms with Crippen molar-refractivity contribution in [3.63, 3.8) is 0 Å². The van der Waals surface area contributed by atoms with Crippen LogP contribution >= 0.6 is 0 Å². The molecule has 0 aliphatic heterocycles. The maximum Gasteiger partial charge on any atom is 0.349 e. The molecule has 2 rings (SSSR count). The predicted octanol–water partition coefficient (Wildman–Crippen LogP) is 2.45. The first-order valence-corrected chi connectivity index (χ1v) is 8.61. The van der Waals surface area contributed by atoms with E-state index in [0.717, 1.165) is 12.5 Å². The van der Waals surface area contributed by atoms with Crippen LogP contribution in [0.25, 0.3) is 0 Å². The Labute approximate surface area is 144 Å². The third-order valence-corrected chi connectivity index (χ3v) is 4.47. The zero-order valence-corrected chi connectivity index (χ0v) is 14.3. The van der Waals surface area contributed by atoms with Crippen LogP contribution < -0.4 is 4.18 Å². The molecule has 0 saturated heterocycles. The first-order valence-electron chi connectivity index (χ1n) is 7.20. The van der Waals surface area contributed by atoms with Gasteiger partial charge in [0.1, 0.15) is 10.6 Å². The summed E-state index contributed by atoms with van der Waals surface area (Å²) in [5, 5.41) is 9.10. The minimum absolute atomic E-state index is 0.00509. The van der Waals surface area contributed by atoms with Gasteiger partial charge in [-0.05, 0) is 31.2 Å². The molecule has 1 unspecified atom stereocenters. The third-order valence-electron chi connectivity index (χ3n) is 3.21. The topological polar surface area (TPSA) is 107 Å². The van der Waals surface area contributed by atoms with Gasteiger partial charge >= 0.3 is 22.1 Å².